The summed E-state index contributed by atoms with van der Waals surface area (Å²) in [5.41, 5.74) is 0.397. The van der Waals surface area contributed by atoms with E-state index < -0.39 is 11.8 Å². The van der Waals surface area contributed by atoms with E-state index in [0.717, 1.165) is 0 Å². The molecule has 0 aliphatic heterocycles. The van der Waals surface area contributed by atoms with Gasteiger partial charge in [0.1, 0.15) is 5.82 Å². The molecular weight excluding hydrogens is 364 g/mol. The largest absolute Gasteiger partial charge is 0.519 e. The first-order valence-corrected chi connectivity index (χ1v) is 8.40. The summed E-state index contributed by atoms with van der Waals surface area (Å²) in [7, 11) is 0. The van der Waals surface area contributed by atoms with E-state index in [9.17, 15) is 14.4 Å². The maximum atomic E-state index is 12.8. The molecule has 0 radical (unpaired) electrons. The highest BCUT2D eigenvalue weighted by atomic mass is 16.6. The molecular formula is C20H16N2O6. The molecule has 0 aliphatic rings. The number of aryl methyl sites for hydroxylation is 1. The lowest BCUT2D eigenvalue weighted by atomic mass is 10.2. The molecule has 0 saturated carbocycles. The van der Waals surface area contributed by atoms with Crippen LogP contribution in [0.4, 0.5) is 5.82 Å². The van der Waals surface area contributed by atoms with E-state index in [1.807, 2.05) is 0 Å². The Morgan fingerprint density at radius 2 is 2.07 bits per heavy atom. The summed E-state index contributed by atoms with van der Waals surface area (Å²) in [6.45, 7) is 1.36. The van der Waals surface area contributed by atoms with E-state index in [1.165, 1.54) is 17.9 Å². The highest BCUT2D eigenvalue weighted by molar-refractivity contribution is 6.05. The molecule has 2 heterocycles. The predicted molar refractivity (Wildman–Crippen MR) is 96.4 cm³/mol. The van der Waals surface area contributed by atoms with Gasteiger partial charge in [0.15, 0.2) is 18.1 Å². The molecule has 1 amide bonds. The Morgan fingerprint density at radius 3 is 2.71 bits per heavy atom. The number of ether oxygens (including phenoxy) is 1. The minimum Gasteiger partial charge on any atom is -0.457 e. The van der Waals surface area contributed by atoms with Gasteiger partial charge in [-0.3, -0.25) is 14.5 Å². The first-order valence-electron chi connectivity index (χ1n) is 8.40. The number of hydrogen-bond donors (Lipinski definition) is 0. The molecule has 8 nitrogen and oxygen atoms in total. The van der Waals surface area contributed by atoms with Crippen LogP contribution in [0.15, 0.2) is 56.2 Å². The van der Waals surface area contributed by atoms with E-state index in [0.29, 0.717) is 11.4 Å². The average molecular weight is 380 g/mol. The molecule has 2 aromatic heterocycles. The number of hydrogen-bond acceptors (Lipinski definition) is 7. The van der Waals surface area contributed by atoms with Crippen LogP contribution in [0.3, 0.4) is 0 Å². The first kappa shape index (κ1) is 18.9. The fraction of sp³-hybridized carbons (Fsp3) is 0.200. The SMILES string of the molecule is Cc1oc(=O)oc1COC(=O)CCN(C(=O)c1cc#ccc1)c1ccccn1. The lowest BCUT2D eigenvalue weighted by Gasteiger charge is -2.21. The molecule has 3 rings (SSSR count). The van der Waals surface area contributed by atoms with Crippen LogP contribution >= 0.6 is 0 Å². The second-order valence-electron chi connectivity index (χ2n) is 5.71. The second kappa shape index (κ2) is 8.68. The zero-order valence-corrected chi connectivity index (χ0v) is 15.0. The Balaban J connectivity index is 1.66. The van der Waals surface area contributed by atoms with Crippen molar-refractivity contribution in [3.63, 3.8) is 0 Å². The monoisotopic (exact) mass is 380 g/mol. The number of carbonyl (C=O) groups excluding carboxylic acids is 2. The zero-order valence-electron chi connectivity index (χ0n) is 15.0. The van der Waals surface area contributed by atoms with E-state index in [-0.39, 0.29) is 37.0 Å². The van der Waals surface area contributed by atoms with Crippen LogP contribution in [0, 0.1) is 19.1 Å². The van der Waals surface area contributed by atoms with Gasteiger partial charge in [-0.1, -0.05) is 18.2 Å². The van der Waals surface area contributed by atoms with Crippen LogP contribution in [-0.2, 0) is 16.1 Å². The van der Waals surface area contributed by atoms with Crippen LogP contribution < -0.4 is 10.7 Å². The summed E-state index contributed by atoms with van der Waals surface area (Å²) in [5, 5.41) is 0. The van der Waals surface area contributed by atoms with Gasteiger partial charge >= 0.3 is 11.8 Å². The summed E-state index contributed by atoms with van der Waals surface area (Å²) < 4.78 is 14.6. The molecule has 142 valence electrons. The summed E-state index contributed by atoms with van der Waals surface area (Å²) in [6.07, 6.45) is 1.48. The van der Waals surface area contributed by atoms with E-state index >= 15 is 0 Å². The van der Waals surface area contributed by atoms with Crippen molar-refractivity contribution in [1.29, 1.82) is 0 Å². The molecule has 0 aliphatic carbocycles. The van der Waals surface area contributed by atoms with Crippen molar-refractivity contribution in [2.75, 3.05) is 11.4 Å². The summed E-state index contributed by atoms with van der Waals surface area (Å²) in [6, 6.07) is 15.3. The first-order chi connectivity index (χ1) is 13.5. The number of pyridine rings is 1. The number of anilines is 1. The maximum absolute atomic E-state index is 12.8. The van der Waals surface area contributed by atoms with Gasteiger partial charge in [0.05, 0.1) is 6.42 Å². The van der Waals surface area contributed by atoms with Crippen molar-refractivity contribution in [2.24, 2.45) is 0 Å². The van der Waals surface area contributed by atoms with Gasteiger partial charge < -0.3 is 13.6 Å². The quantitative estimate of drug-likeness (QED) is 0.580. The third kappa shape index (κ3) is 4.65. The molecule has 0 N–H and O–H groups in total. The molecule has 0 saturated heterocycles. The van der Waals surface area contributed by atoms with Gasteiger partial charge in [0, 0.05) is 24.4 Å². The molecule has 0 fully saturated rings. The maximum Gasteiger partial charge on any atom is 0.519 e. The van der Waals surface area contributed by atoms with E-state index in [2.05, 4.69) is 17.1 Å². The van der Waals surface area contributed by atoms with Gasteiger partial charge in [-0.05, 0) is 31.2 Å². The van der Waals surface area contributed by atoms with Gasteiger partial charge in [0.25, 0.3) is 5.91 Å². The molecule has 1 aromatic carbocycles. The number of rotatable bonds is 7. The number of carbonyl (C=O) groups is 2. The average Bonchev–Trinajstić information content (AvgIpc) is 3.05. The second-order valence-corrected chi connectivity index (χ2v) is 5.71. The topological polar surface area (TPSA) is 103 Å². The molecule has 3 aromatic rings. The lowest BCUT2D eigenvalue weighted by Crippen LogP contribution is -2.33. The molecule has 0 atom stereocenters. The Kier molecular flexibility index (Phi) is 5.87. The van der Waals surface area contributed by atoms with Crippen LogP contribution in [0.2, 0.25) is 0 Å². The van der Waals surface area contributed by atoms with Crippen molar-refractivity contribution in [3.05, 3.63) is 82.4 Å². The van der Waals surface area contributed by atoms with Crippen molar-refractivity contribution >= 4 is 17.7 Å². The van der Waals surface area contributed by atoms with Crippen LogP contribution in [0.25, 0.3) is 0 Å². The van der Waals surface area contributed by atoms with Gasteiger partial charge in [-0.25, -0.2) is 9.78 Å². The molecule has 0 bridgehead atoms. The molecule has 28 heavy (non-hydrogen) atoms. The Labute approximate surface area is 160 Å². The highest BCUT2D eigenvalue weighted by Gasteiger charge is 2.20. The summed E-state index contributed by atoms with van der Waals surface area (Å²) in [4.78, 5) is 41.5. The Morgan fingerprint density at radius 1 is 1.21 bits per heavy atom. The van der Waals surface area contributed by atoms with Crippen molar-refractivity contribution in [2.45, 2.75) is 20.0 Å². The predicted octanol–water partition coefficient (Wildman–Crippen LogP) is 2.32. The highest BCUT2D eigenvalue weighted by Crippen LogP contribution is 2.15. The fourth-order valence-corrected chi connectivity index (χ4v) is 2.40. The Hall–Kier alpha value is -3.86. The van der Waals surface area contributed by atoms with Crippen LogP contribution in [-0.4, -0.2) is 23.4 Å². The van der Waals surface area contributed by atoms with Crippen molar-refractivity contribution in [1.82, 2.24) is 4.98 Å². The van der Waals surface area contributed by atoms with Crippen molar-refractivity contribution in [3.8, 4) is 0 Å². The number of amides is 1. The minimum absolute atomic E-state index is 0.0571. The Bertz CT molecular complexity index is 994. The number of aromatic nitrogens is 1. The third-order valence-electron chi connectivity index (χ3n) is 3.81. The molecule has 0 unspecified atom stereocenters. The van der Waals surface area contributed by atoms with Crippen LogP contribution in [0.5, 0.6) is 0 Å². The minimum atomic E-state index is -0.854. The van der Waals surface area contributed by atoms with Crippen molar-refractivity contribution < 1.29 is 23.2 Å². The van der Waals surface area contributed by atoms with Crippen LogP contribution in [0.1, 0.15) is 28.3 Å². The number of esters is 1. The molecule has 8 heteroatoms. The summed E-state index contributed by atoms with van der Waals surface area (Å²) in [5.74, 6) is -0.942. The van der Waals surface area contributed by atoms with Gasteiger partial charge in [-0.2, -0.15) is 0 Å². The fourth-order valence-electron chi connectivity index (χ4n) is 2.40. The lowest BCUT2D eigenvalue weighted by molar-refractivity contribution is -0.145. The summed E-state index contributed by atoms with van der Waals surface area (Å²) >= 11 is 0. The standard InChI is InChI=1S/C20H16N2O6/c1-14-16(28-20(25)27-14)13-26-18(23)10-12-22(17-9-5-6-11-21-17)19(24)15-7-3-2-4-8-15/h3,5-9,11H,10,12-13H2,1H3. The normalized spacial score (nSPS) is 10.2. The third-order valence-corrected chi connectivity index (χ3v) is 3.81. The van der Waals surface area contributed by atoms with Gasteiger partial charge in [0.2, 0.25) is 0 Å². The zero-order chi connectivity index (χ0) is 19.9. The number of nitrogens with zero attached hydrogens (tertiary/aromatic N) is 2. The van der Waals surface area contributed by atoms with E-state index in [4.69, 9.17) is 13.6 Å². The smallest absolute Gasteiger partial charge is 0.457 e. The van der Waals surface area contributed by atoms with Gasteiger partial charge in [-0.15, -0.1) is 0 Å². The molecule has 0 spiro atoms. The van der Waals surface area contributed by atoms with E-state index in [1.54, 1.807) is 36.5 Å².